The topological polar surface area (TPSA) is 74.0 Å². The van der Waals surface area contributed by atoms with Crippen molar-refractivity contribution in [3.05, 3.63) is 29.6 Å². The molecule has 0 amide bonds. The van der Waals surface area contributed by atoms with Crippen LogP contribution in [0, 0.1) is 17.2 Å². The van der Waals surface area contributed by atoms with Crippen molar-refractivity contribution < 1.29 is 9.90 Å². The fraction of sp³-hybridized carbons (Fsp3) is 0.417. The molecule has 1 rings (SSSR count). The van der Waals surface area contributed by atoms with Gasteiger partial charge in [0.25, 0.3) is 0 Å². The van der Waals surface area contributed by atoms with Crippen LogP contribution in [0.2, 0.25) is 0 Å². The van der Waals surface area contributed by atoms with E-state index in [1.165, 1.54) is 11.8 Å². The number of hydrogen-bond acceptors (Lipinski definition) is 4. The molecule has 1 heterocycles. The van der Waals surface area contributed by atoms with E-state index >= 15 is 0 Å². The van der Waals surface area contributed by atoms with Gasteiger partial charge < -0.3 is 5.11 Å². The van der Waals surface area contributed by atoms with Crippen LogP contribution in [0.25, 0.3) is 0 Å². The second-order valence-electron chi connectivity index (χ2n) is 3.94. The van der Waals surface area contributed by atoms with E-state index in [-0.39, 0.29) is 5.92 Å². The Hall–Kier alpha value is -1.54. The van der Waals surface area contributed by atoms with Crippen molar-refractivity contribution in [1.29, 1.82) is 5.26 Å². The van der Waals surface area contributed by atoms with Crippen molar-refractivity contribution in [2.24, 2.45) is 5.92 Å². The van der Waals surface area contributed by atoms with Crippen molar-refractivity contribution in [3.8, 4) is 6.07 Å². The summed E-state index contributed by atoms with van der Waals surface area (Å²) in [6.45, 7) is 3.75. The highest BCUT2D eigenvalue weighted by molar-refractivity contribution is 7.99. The first-order valence-corrected chi connectivity index (χ1v) is 6.29. The van der Waals surface area contributed by atoms with E-state index in [2.05, 4.69) is 4.98 Å². The molecule has 4 nitrogen and oxygen atoms in total. The molecule has 0 aliphatic heterocycles. The highest BCUT2D eigenvalue weighted by Gasteiger charge is 2.22. The molecule has 1 atom stereocenters. The minimum Gasteiger partial charge on any atom is -0.480 e. The Labute approximate surface area is 105 Å². The molecule has 0 aliphatic rings. The number of carbonyl (C=O) groups is 1. The molecule has 0 saturated heterocycles. The SMILES string of the molecule is CC(C)C(SCc1cccnc1C#N)C(=O)O. The second kappa shape index (κ2) is 6.26. The Morgan fingerprint density at radius 1 is 1.65 bits per heavy atom. The normalized spacial score (nSPS) is 12.1. The molecule has 0 spiro atoms. The molecule has 0 radical (unpaired) electrons. The van der Waals surface area contributed by atoms with E-state index < -0.39 is 11.2 Å². The summed E-state index contributed by atoms with van der Waals surface area (Å²) >= 11 is 1.33. The van der Waals surface area contributed by atoms with Crippen LogP contribution in [0.15, 0.2) is 18.3 Å². The van der Waals surface area contributed by atoms with Crippen molar-refractivity contribution in [3.63, 3.8) is 0 Å². The highest BCUT2D eigenvalue weighted by Crippen LogP contribution is 2.24. The first kappa shape index (κ1) is 13.5. The predicted molar refractivity (Wildman–Crippen MR) is 66.5 cm³/mol. The highest BCUT2D eigenvalue weighted by atomic mass is 32.2. The number of thioether (sulfide) groups is 1. The third-order valence-corrected chi connectivity index (χ3v) is 3.85. The van der Waals surface area contributed by atoms with Gasteiger partial charge in [0.1, 0.15) is 17.0 Å². The Kier molecular flexibility index (Phi) is 4.98. The molecule has 1 unspecified atom stereocenters. The van der Waals surface area contributed by atoms with Gasteiger partial charge in [-0.05, 0) is 17.5 Å². The van der Waals surface area contributed by atoms with E-state index in [9.17, 15) is 4.79 Å². The van der Waals surface area contributed by atoms with Gasteiger partial charge in [-0.1, -0.05) is 19.9 Å². The third-order valence-electron chi connectivity index (χ3n) is 2.26. The van der Waals surface area contributed by atoms with Crippen LogP contribution in [0.1, 0.15) is 25.1 Å². The number of carboxylic acids is 1. The summed E-state index contributed by atoms with van der Waals surface area (Å²) in [5, 5.41) is 17.5. The number of pyridine rings is 1. The molecule has 0 bridgehead atoms. The zero-order valence-corrected chi connectivity index (χ0v) is 10.6. The summed E-state index contributed by atoms with van der Waals surface area (Å²) in [5.41, 5.74) is 1.15. The third kappa shape index (κ3) is 3.75. The maximum absolute atomic E-state index is 11.0. The monoisotopic (exact) mass is 250 g/mol. The van der Waals surface area contributed by atoms with Gasteiger partial charge >= 0.3 is 5.97 Å². The van der Waals surface area contributed by atoms with Gasteiger partial charge in [0, 0.05) is 11.9 Å². The number of aromatic nitrogens is 1. The van der Waals surface area contributed by atoms with Crippen LogP contribution >= 0.6 is 11.8 Å². The molecule has 0 aromatic carbocycles. The lowest BCUT2D eigenvalue weighted by atomic mass is 10.1. The summed E-state index contributed by atoms with van der Waals surface area (Å²) in [7, 11) is 0. The van der Waals surface area contributed by atoms with E-state index in [1.807, 2.05) is 19.9 Å². The zero-order valence-electron chi connectivity index (χ0n) is 9.75. The minimum atomic E-state index is -0.813. The number of carboxylic acid groups (broad SMARTS) is 1. The Morgan fingerprint density at radius 2 is 2.35 bits per heavy atom. The van der Waals surface area contributed by atoms with Gasteiger partial charge in [-0.3, -0.25) is 4.79 Å². The molecular formula is C12H14N2O2S. The van der Waals surface area contributed by atoms with Crippen LogP contribution in [0.3, 0.4) is 0 Å². The van der Waals surface area contributed by atoms with Crippen molar-refractivity contribution in [2.75, 3.05) is 0 Å². The smallest absolute Gasteiger partial charge is 0.316 e. The second-order valence-corrected chi connectivity index (χ2v) is 5.07. The summed E-state index contributed by atoms with van der Waals surface area (Å²) in [5.74, 6) is -0.265. The van der Waals surface area contributed by atoms with E-state index in [0.29, 0.717) is 11.4 Å². The largest absolute Gasteiger partial charge is 0.480 e. The van der Waals surface area contributed by atoms with Gasteiger partial charge in [-0.15, -0.1) is 11.8 Å². The van der Waals surface area contributed by atoms with Crippen molar-refractivity contribution in [2.45, 2.75) is 24.9 Å². The molecule has 17 heavy (non-hydrogen) atoms. The lowest BCUT2D eigenvalue weighted by Crippen LogP contribution is -2.22. The number of hydrogen-bond donors (Lipinski definition) is 1. The maximum atomic E-state index is 11.0. The van der Waals surface area contributed by atoms with Crippen LogP contribution in [0.5, 0.6) is 0 Å². The summed E-state index contributed by atoms with van der Waals surface area (Å²) < 4.78 is 0. The summed E-state index contributed by atoms with van der Waals surface area (Å²) in [4.78, 5) is 15.0. The van der Waals surface area contributed by atoms with Crippen molar-refractivity contribution >= 4 is 17.7 Å². The fourth-order valence-corrected chi connectivity index (χ4v) is 2.50. The molecule has 1 aromatic heterocycles. The van der Waals surface area contributed by atoms with Gasteiger partial charge in [0.2, 0.25) is 0 Å². The predicted octanol–water partition coefficient (Wildman–Crippen LogP) is 2.30. The number of nitrogens with zero attached hydrogens (tertiary/aromatic N) is 2. The van der Waals surface area contributed by atoms with Crippen molar-refractivity contribution in [1.82, 2.24) is 4.98 Å². The van der Waals surface area contributed by atoms with Crippen LogP contribution < -0.4 is 0 Å². The Bertz CT molecular complexity index is 440. The lowest BCUT2D eigenvalue weighted by Gasteiger charge is -2.15. The molecule has 5 heteroatoms. The molecule has 0 fully saturated rings. The number of nitriles is 1. The number of rotatable bonds is 5. The number of aliphatic carboxylic acids is 1. The van der Waals surface area contributed by atoms with E-state index in [1.54, 1.807) is 18.3 Å². The zero-order chi connectivity index (χ0) is 12.8. The molecular weight excluding hydrogens is 236 g/mol. The molecule has 0 aliphatic carbocycles. The maximum Gasteiger partial charge on any atom is 0.316 e. The van der Waals surface area contributed by atoms with Gasteiger partial charge in [-0.2, -0.15) is 5.26 Å². The average molecular weight is 250 g/mol. The van der Waals surface area contributed by atoms with Gasteiger partial charge in [0.05, 0.1) is 0 Å². The van der Waals surface area contributed by atoms with Crippen LogP contribution in [-0.4, -0.2) is 21.3 Å². The average Bonchev–Trinajstić information content (AvgIpc) is 2.29. The first-order chi connectivity index (χ1) is 8.06. The Morgan fingerprint density at radius 3 is 2.88 bits per heavy atom. The molecule has 1 N–H and O–H groups in total. The lowest BCUT2D eigenvalue weighted by molar-refractivity contribution is -0.137. The quantitative estimate of drug-likeness (QED) is 0.867. The van der Waals surface area contributed by atoms with Crippen LogP contribution in [0.4, 0.5) is 0 Å². The Balaban J connectivity index is 2.73. The molecule has 1 aromatic rings. The first-order valence-electron chi connectivity index (χ1n) is 5.24. The molecule has 90 valence electrons. The minimum absolute atomic E-state index is 0.0553. The van der Waals surface area contributed by atoms with E-state index in [4.69, 9.17) is 10.4 Å². The fourth-order valence-electron chi connectivity index (χ4n) is 1.38. The van der Waals surface area contributed by atoms with Crippen LogP contribution in [-0.2, 0) is 10.5 Å². The summed E-state index contributed by atoms with van der Waals surface area (Å²) in [6.07, 6.45) is 1.56. The van der Waals surface area contributed by atoms with Gasteiger partial charge in [0.15, 0.2) is 0 Å². The summed E-state index contributed by atoms with van der Waals surface area (Å²) in [6, 6.07) is 5.56. The van der Waals surface area contributed by atoms with E-state index in [0.717, 1.165) is 5.56 Å². The van der Waals surface area contributed by atoms with Gasteiger partial charge in [-0.25, -0.2) is 4.98 Å². The standard InChI is InChI=1S/C12H14N2O2S/c1-8(2)11(12(15)16)17-7-9-4-3-5-14-10(9)6-13/h3-5,8,11H,7H2,1-2H3,(H,15,16). The molecule has 0 saturated carbocycles.